The van der Waals surface area contributed by atoms with Gasteiger partial charge in [0.2, 0.25) is 5.91 Å². The standard InChI is InChI=1S/C19H18N2O3/c1-12-16(15-7-2-3-8-17(15)20-12)11-18(22)21-14-6-4-5-13(9-14)10-19(23)24/h2-9,20H,10-11H2,1H3,(H,21,22)(H,23,24). The van der Waals surface area contributed by atoms with E-state index in [0.29, 0.717) is 11.3 Å². The van der Waals surface area contributed by atoms with Crippen LogP contribution in [0.2, 0.25) is 0 Å². The Morgan fingerprint density at radius 1 is 1.08 bits per heavy atom. The number of fused-ring (bicyclic) bond motifs is 1. The van der Waals surface area contributed by atoms with Gasteiger partial charge in [-0.1, -0.05) is 30.3 Å². The largest absolute Gasteiger partial charge is 0.481 e. The molecule has 0 atom stereocenters. The lowest BCUT2D eigenvalue weighted by Crippen LogP contribution is -2.15. The van der Waals surface area contributed by atoms with Crippen molar-refractivity contribution in [3.8, 4) is 0 Å². The predicted octanol–water partition coefficient (Wildman–Crippen LogP) is 3.28. The SMILES string of the molecule is Cc1[nH]c2ccccc2c1CC(=O)Nc1cccc(CC(=O)O)c1. The summed E-state index contributed by atoms with van der Waals surface area (Å²) in [6.45, 7) is 1.95. The van der Waals surface area contributed by atoms with Gasteiger partial charge in [-0.05, 0) is 36.2 Å². The second-order valence-electron chi connectivity index (χ2n) is 5.77. The van der Waals surface area contributed by atoms with Gasteiger partial charge in [-0.2, -0.15) is 0 Å². The minimum Gasteiger partial charge on any atom is -0.481 e. The van der Waals surface area contributed by atoms with Crippen molar-refractivity contribution in [2.45, 2.75) is 19.8 Å². The van der Waals surface area contributed by atoms with E-state index in [0.717, 1.165) is 22.2 Å². The summed E-state index contributed by atoms with van der Waals surface area (Å²) in [5.74, 6) is -1.02. The van der Waals surface area contributed by atoms with E-state index in [1.54, 1.807) is 24.3 Å². The number of amides is 1. The molecule has 0 spiro atoms. The van der Waals surface area contributed by atoms with Gasteiger partial charge < -0.3 is 15.4 Å². The van der Waals surface area contributed by atoms with Crippen LogP contribution >= 0.6 is 0 Å². The lowest BCUT2D eigenvalue weighted by Gasteiger charge is -2.07. The Bertz CT molecular complexity index is 912. The molecule has 24 heavy (non-hydrogen) atoms. The van der Waals surface area contributed by atoms with E-state index in [1.165, 1.54) is 0 Å². The van der Waals surface area contributed by atoms with Gasteiger partial charge in [0.05, 0.1) is 12.8 Å². The minimum absolute atomic E-state index is 0.0642. The van der Waals surface area contributed by atoms with E-state index >= 15 is 0 Å². The van der Waals surface area contributed by atoms with E-state index in [9.17, 15) is 9.59 Å². The Morgan fingerprint density at radius 2 is 1.88 bits per heavy atom. The van der Waals surface area contributed by atoms with Crippen molar-refractivity contribution < 1.29 is 14.7 Å². The summed E-state index contributed by atoms with van der Waals surface area (Å²) in [4.78, 5) is 26.4. The maximum Gasteiger partial charge on any atom is 0.307 e. The monoisotopic (exact) mass is 322 g/mol. The molecule has 1 heterocycles. The number of carboxylic acids is 1. The van der Waals surface area contributed by atoms with Crippen LogP contribution in [0, 0.1) is 6.92 Å². The quantitative estimate of drug-likeness (QED) is 0.674. The number of para-hydroxylation sites is 1. The van der Waals surface area contributed by atoms with Crippen molar-refractivity contribution in [3.05, 3.63) is 65.4 Å². The summed E-state index contributed by atoms with van der Waals surface area (Å²) in [5.41, 5.74) is 4.23. The fraction of sp³-hybridized carbons (Fsp3) is 0.158. The number of hydrogen-bond acceptors (Lipinski definition) is 2. The number of rotatable bonds is 5. The van der Waals surface area contributed by atoms with Crippen LogP contribution in [0.15, 0.2) is 48.5 Å². The first-order chi connectivity index (χ1) is 11.5. The van der Waals surface area contributed by atoms with Gasteiger partial charge in [0.1, 0.15) is 0 Å². The second kappa shape index (κ2) is 6.58. The predicted molar refractivity (Wildman–Crippen MR) is 93.2 cm³/mol. The van der Waals surface area contributed by atoms with Crippen molar-refractivity contribution in [2.24, 2.45) is 0 Å². The molecular formula is C19H18N2O3. The van der Waals surface area contributed by atoms with Gasteiger partial charge in [0.15, 0.2) is 0 Å². The number of carbonyl (C=O) groups excluding carboxylic acids is 1. The first-order valence-electron chi connectivity index (χ1n) is 7.69. The minimum atomic E-state index is -0.895. The van der Waals surface area contributed by atoms with Gasteiger partial charge in [-0.15, -0.1) is 0 Å². The van der Waals surface area contributed by atoms with Crippen LogP contribution < -0.4 is 5.32 Å². The second-order valence-corrected chi connectivity index (χ2v) is 5.77. The number of hydrogen-bond donors (Lipinski definition) is 3. The molecule has 5 nitrogen and oxygen atoms in total. The van der Waals surface area contributed by atoms with E-state index in [2.05, 4.69) is 10.3 Å². The lowest BCUT2D eigenvalue weighted by atomic mass is 10.1. The third kappa shape index (κ3) is 3.46. The highest BCUT2D eigenvalue weighted by atomic mass is 16.4. The fourth-order valence-corrected chi connectivity index (χ4v) is 2.86. The summed E-state index contributed by atoms with van der Waals surface area (Å²) in [6, 6.07) is 14.8. The zero-order valence-corrected chi connectivity index (χ0v) is 13.3. The molecule has 2 aromatic carbocycles. The molecule has 3 N–H and O–H groups in total. The summed E-state index contributed by atoms with van der Waals surface area (Å²) < 4.78 is 0. The highest BCUT2D eigenvalue weighted by Crippen LogP contribution is 2.22. The van der Waals surface area contributed by atoms with E-state index < -0.39 is 5.97 Å². The van der Waals surface area contributed by atoms with Crippen LogP contribution in [0.5, 0.6) is 0 Å². The van der Waals surface area contributed by atoms with Crippen molar-refractivity contribution in [2.75, 3.05) is 5.32 Å². The van der Waals surface area contributed by atoms with Gasteiger partial charge in [-0.25, -0.2) is 0 Å². The zero-order valence-electron chi connectivity index (χ0n) is 13.3. The molecule has 5 heteroatoms. The molecule has 0 radical (unpaired) electrons. The Kier molecular flexibility index (Phi) is 4.33. The summed E-state index contributed by atoms with van der Waals surface area (Å²) in [5, 5.41) is 12.7. The lowest BCUT2D eigenvalue weighted by molar-refractivity contribution is -0.136. The number of benzene rings is 2. The zero-order chi connectivity index (χ0) is 17.1. The van der Waals surface area contributed by atoms with Gasteiger partial charge in [0, 0.05) is 22.3 Å². The molecule has 0 aliphatic carbocycles. The normalized spacial score (nSPS) is 10.7. The average Bonchev–Trinajstić information content (AvgIpc) is 2.83. The number of H-pyrrole nitrogens is 1. The van der Waals surface area contributed by atoms with Crippen LogP contribution in [-0.4, -0.2) is 22.0 Å². The van der Waals surface area contributed by atoms with Crippen LogP contribution in [0.4, 0.5) is 5.69 Å². The van der Waals surface area contributed by atoms with E-state index in [1.807, 2.05) is 31.2 Å². The van der Waals surface area contributed by atoms with Gasteiger partial charge in [-0.3, -0.25) is 9.59 Å². The highest BCUT2D eigenvalue weighted by Gasteiger charge is 2.12. The van der Waals surface area contributed by atoms with Crippen molar-refractivity contribution in [1.82, 2.24) is 4.98 Å². The molecule has 122 valence electrons. The third-order valence-corrected chi connectivity index (χ3v) is 3.93. The van der Waals surface area contributed by atoms with Crippen LogP contribution in [0.25, 0.3) is 10.9 Å². The smallest absolute Gasteiger partial charge is 0.307 e. The van der Waals surface area contributed by atoms with Crippen LogP contribution in [0.3, 0.4) is 0 Å². The number of aliphatic carboxylic acids is 1. The van der Waals surface area contributed by atoms with Gasteiger partial charge >= 0.3 is 5.97 Å². The molecule has 0 saturated heterocycles. The number of aryl methyl sites for hydroxylation is 1. The summed E-state index contributed by atoms with van der Waals surface area (Å²) in [6.07, 6.45) is 0.199. The molecule has 0 bridgehead atoms. The van der Waals surface area contributed by atoms with Crippen molar-refractivity contribution in [3.63, 3.8) is 0 Å². The number of carbonyl (C=O) groups is 2. The molecule has 0 aliphatic rings. The number of nitrogens with one attached hydrogen (secondary N) is 2. The summed E-state index contributed by atoms with van der Waals surface area (Å²) in [7, 11) is 0. The highest BCUT2D eigenvalue weighted by molar-refractivity contribution is 5.96. The molecule has 1 aromatic heterocycles. The first-order valence-corrected chi connectivity index (χ1v) is 7.69. The molecule has 0 fully saturated rings. The number of anilines is 1. The fourth-order valence-electron chi connectivity index (χ4n) is 2.86. The molecule has 1 amide bonds. The Balaban J connectivity index is 1.76. The molecule has 0 unspecified atom stereocenters. The number of carboxylic acid groups (broad SMARTS) is 1. The molecule has 3 aromatic rings. The van der Waals surface area contributed by atoms with Crippen molar-refractivity contribution in [1.29, 1.82) is 0 Å². The number of aromatic nitrogens is 1. The Morgan fingerprint density at radius 3 is 2.67 bits per heavy atom. The maximum atomic E-state index is 12.4. The number of aromatic amines is 1. The van der Waals surface area contributed by atoms with Gasteiger partial charge in [0.25, 0.3) is 0 Å². The summed E-state index contributed by atoms with van der Waals surface area (Å²) >= 11 is 0. The molecule has 0 aliphatic heterocycles. The molecule has 0 saturated carbocycles. The Hall–Kier alpha value is -3.08. The topological polar surface area (TPSA) is 82.2 Å². The first kappa shape index (κ1) is 15.8. The molecular weight excluding hydrogens is 304 g/mol. The van der Waals surface area contributed by atoms with Crippen molar-refractivity contribution >= 4 is 28.5 Å². The maximum absolute atomic E-state index is 12.4. The van der Waals surface area contributed by atoms with E-state index in [-0.39, 0.29) is 18.7 Å². The Labute approximate surface area is 139 Å². The third-order valence-electron chi connectivity index (χ3n) is 3.93. The van der Waals surface area contributed by atoms with Crippen LogP contribution in [0.1, 0.15) is 16.8 Å². The van der Waals surface area contributed by atoms with E-state index in [4.69, 9.17) is 5.11 Å². The average molecular weight is 322 g/mol. The van der Waals surface area contributed by atoms with Crippen LogP contribution in [-0.2, 0) is 22.4 Å². The molecule has 3 rings (SSSR count).